The largest absolute Gasteiger partial charge is 0.481 e. The SMILES string of the molecule is CO/N=C(\CCC(=O)O)c1nc2ccccc2n([C@H]2C[C@H]3CCC[C@@H](C2)N3C2CC3CCCCC(C3)C2)c1=O. The fourth-order valence-corrected chi connectivity index (χ4v) is 8.55. The first-order chi connectivity index (χ1) is 19.0. The summed E-state index contributed by atoms with van der Waals surface area (Å²) in [6, 6.07) is 9.61. The molecule has 0 amide bonds. The van der Waals surface area contributed by atoms with Crippen LogP contribution < -0.4 is 5.56 Å². The molecule has 0 spiro atoms. The Bertz CT molecular complexity index is 1260. The smallest absolute Gasteiger partial charge is 0.303 e. The van der Waals surface area contributed by atoms with Crippen LogP contribution in [0.25, 0.3) is 11.0 Å². The number of carboxylic acid groups (broad SMARTS) is 1. The predicted molar refractivity (Wildman–Crippen MR) is 151 cm³/mol. The van der Waals surface area contributed by atoms with Crippen LogP contribution >= 0.6 is 0 Å². The van der Waals surface area contributed by atoms with Gasteiger partial charge in [0.05, 0.1) is 17.5 Å². The van der Waals surface area contributed by atoms with Crippen LogP contribution in [0, 0.1) is 11.8 Å². The minimum absolute atomic E-state index is 0.0878. The maximum absolute atomic E-state index is 14.1. The van der Waals surface area contributed by atoms with Gasteiger partial charge < -0.3 is 14.5 Å². The molecule has 2 aliphatic carbocycles. The fourth-order valence-electron chi connectivity index (χ4n) is 8.55. The van der Waals surface area contributed by atoms with E-state index >= 15 is 0 Å². The van der Waals surface area contributed by atoms with E-state index in [4.69, 9.17) is 4.84 Å². The Morgan fingerprint density at radius 3 is 2.28 bits per heavy atom. The van der Waals surface area contributed by atoms with Crippen molar-refractivity contribution in [1.82, 2.24) is 14.5 Å². The Hall–Kier alpha value is -2.74. The van der Waals surface area contributed by atoms with Gasteiger partial charge in [0.15, 0.2) is 5.69 Å². The van der Waals surface area contributed by atoms with Crippen molar-refractivity contribution >= 4 is 22.7 Å². The van der Waals surface area contributed by atoms with Crippen LogP contribution in [0.5, 0.6) is 0 Å². The monoisotopic (exact) mass is 534 g/mol. The fraction of sp³-hybridized carbons (Fsp3) is 0.677. The number of carbonyl (C=O) groups is 1. The predicted octanol–water partition coefficient (Wildman–Crippen LogP) is 5.53. The molecule has 2 unspecified atom stereocenters. The summed E-state index contributed by atoms with van der Waals surface area (Å²) in [5, 5.41) is 13.3. The number of carboxylic acids is 1. The minimum atomic E-state index is -0.942. The number of oxime groups is 1. The highest BCUT2D eigenvalue weighted by Gasteiger charge is 2.45. The molecule has 1 N–H and O–H groups in total. The average Bonchev–Trinajstić information content (AvgIpc) is 3.09. The molecule has 4 fully saturated rings. The zero-order valence-electron chi connectivity index (χ0n) is 23.1. The summed E-state index contributed by atoms with van der Waals surface area (Å²) < 4.78 is 1.97. The van der Waals surface area contributed by atoms with Crippen LogP contribution in [0.2, 0.25) is 0 Å². The summed E-state index contributed by atoms with van der Waals surface area (Å²) in [6.45, 7) is 0. The number of rotatable bonds is 7. The van der Waals surface area contributed by atoms with Gasteiger partial charge >= 0.3 is 5.97 Å². The molecule has 6 rings (SSSR count). The molecule has 2 aliphatic heterocycles. The second kappa shape index (κ2) is 11.4. The van der Waals surface area contributed by atoms with Gasteiger partial charge in [0.25, 0.3) is 5.56 Å². The summed E-state index contributed by atoms with van der Waals surface area (Å²) in [5.41, 5.74) is 1.90. The van der Waals surface area contributed by atoms with E-state index in [1.54, 1.807) is 0 Å². The lowest BCUT2D eigenvalue weighted by Crippen LogP contribution is -2.58. The minimum Gasteiger partial charge on any atom is -0.481 e. The van der Waals surface area contributed by atoms with Gasteiger partial charge in [-0.15, -0.1) is 0 Å². The molecule has 0 radical (unpaired) electrons. The van der Waals surface area contributed by atoms with E-state index in [-0.39, 0.29) is 30.1 Å². The molecule has 1 aromatic carbocycles. The van der Waals surface area contributed by atoms with Gasteiger partial charge in [-0.3, -0.25) is 14.5 Å². The molecule has 210 valence electrons. The molecule has 2 aromatic rings. The first-order valence-corrected chi connectivity index (χ1v) is 15.1. The molecule has 4 bridgehead atoms. The molecule has 2 saturated carbocycles. The number of benzene rings is 1. The zero-order chi connectivity index (χ0) is 26.9. The summed E-state index contributed by atoms with van der Waals surface area (Å²) >= 11 is 0. The molecule has 8 heteroatoms. The van der Waals surface area contributed by atoms with Gasteiger partial charge in [-0.05, 0) is 68.9 Å². The molecule has 8 nitrogen and oxygen atoms in total. The van der Waals surface area contributed by atoms with Crippen LogP contribution in [-0.4, -0.2) is 56.5 Å². The maximum atomic E-state index is 14.1. The summed E-state index contributed by atoms with van der Waals surface area (Å²) in [4.78, 5) is 38.0. The third-order valence-corrected chi connectivity index (χ3v) is 9.99. The Morgan fingerprint density at radius 2 is 1.62 bits per heavy atom. The molecule has 5 atom stereocenters. The summed E-state index contributed by atoms with van der Waals surface area (Å²) in [7, 11) is 1.42. The van der Waals surface area contributed by atoms with Crippen molar-refractivity contribution in [2.45, 2.75) is 114 Å². The van der Waals surface area contributed by atoms with Gasteiger partial charge in [0.2, 0.25) is 0 Å². The second-order valence-electron chi connectivity index (χ2n) is 12.4. The average molecular weight is 535 g/mol. The van der Waals surface area contributed by atoms with E-state index in [1.807, 2.05) is 28.8 Å². The van der Waals surface area contributed by atoms with E-state index < -0.39 is 5.97 Å². The number of aliphatic carboxylic acids is 1. The highest BCUT2D eigenvalue weighted by atomic mass is 16.6. The van der Waals surface area contributed by atoms with Gasteiger partial charge in [-0.25, -0.2) is 4.98 Å². The van der Waals surface area contributed by atoms with Crippen molar-refractivity contribution in [3.05, 3.63) is 40.3 Å². The Labute approximate surface area is 230 Å². The highest BCUT2D eigenvalue weighted by molar-refractivity contribution is 6.00. The topological polar surface area (TPSA) is 97.0 Å². The number of aromatic nitrogens is 2. The lowest BCUT2D eigenvalue weighted by molar-refractivity contribution is -0.136. The van der Waals surface area contributed by atoms with Crippen molar-refractivity contribution in [3.63, 3.8) is 0 Å². The molecular formula is C31H42N4O4. The Morgan fingerprint density at radius 1 is 0.923 bits per heavy atom. The van der Waals surface area contributed by atoms with Crippen molar-refractivity contribution in [3.8, 4) is 0 Å². The maximum Gasteiger partial charge on any atom is 0.303 e. The lowest BCUT2D eigenvalue weighted by Gasteiger charge is -2.54. The molecule has 2 saturated heterocycles. The van der Waals surface area contributed by atoms with Crippen LogP contribution in [0.15, 0.2) is 34.2 Å². The van der Waals surface area contributed by atoms with E-state index in [1.165, 1.54) is 71.3 Å². The van der Waals surface area contributed by atoms with E-state index in [0.29, 0.717) is 23.8 Å². The highest BCUT2D eigenvalue weighted by Crippen LogP contribution is 2.47. The van der Waals surface area contributed by atoms with E-state index in [9.17, 15) is 14.7 Å². The summed E-state index contributed by atoms with van der Waals surface area (Å²) in [6.07, 6.45) is 15.4. The van der Waals surface area contributed by atoms with Gasteiger partial charge in [-0.1, -0.05) is 49.4 Å². The number of hydrogen-bond acceptors (Lipinski definition) is 6. The van der Waals surface area contributed by atoms with Gasteiger partial charge in [0, 0.05) is 30.6 Å². The van der Waals surface area contributed by atoms with Crippen LogP contribution in [0.3, 0.4) is 0 Å². The lowest BCUT2D eigenvalue weighted by atomic mass is 9.73. The molecule has 39 heavy (non-hydrogen) atoms. The molecular weight excluding hydrogens is 492 g/mol. The van der Waals surface area contributed by atoms with Crippen LogP contribution in [-0.2, 0) is 9.63 Å². The first-order valence-electron chi connectivity index (χ1n) is 15.1. The Balaban J connectivity index is 1.34. The van der Waals surface area contributed by atoms with Crippen LogP contribution in [0.1, 0.15) is 102 Å². The molecule has 3 heterocycles. The number of piperidine rings is 2. The molecule has 4 aliphatic rings. The van der Waals surface area contributed by atoms with Crippen molar-refractivity contribution in [2.24, 2.45) is 17.0 Å². The van der Waals surface area contributed by atoms with Gasteiger partial charge in [-0.2, -0.15) is 0 Å². The molecule has 1 aromatic heterocycles. The zero-order valence-corrected chi connectivity index (χ0v) is 23.1. The quantitative estimate of drug-likeness (QED) is 0.371. The van der Waals surface area contributed by atoms with Crippen molar-refractivity contribution in [1.29, 1.82) is 0 Å². The van der Waals surface area contributed by atoms with E-state index in [0.717, 1.165) is 35.7 Å². The van der Waals surface area contributed by atoms with Gasteiger partial charge in [0.1, 0.15) is 12.8 Å². The normalized spacial score (nSPS) is 31.6. The summed E-state index contributed by atoms with van der Waals surface area (Å²) in [5.74, 6) is 0.851. The number of fused-ring (bicyclic) bond motifs is 5. The van der Waals surface area contributed by atoms with E-state index in [2.05, 4.69) is 15.0 Å². The third kappa shape index (κ3) is 5.37. The first kappa shape index (κ1) is 26.5. The Kier molecular flexibility index (Phi) is 7.74. The number of nitrogens with zero attached hydrogens (tertiary/aromatic N) is 4. The standard InChI is InChI=1S/C31H42N4O4/c1-39-33-27(13-14-29(36)37)30-31(38)35(28-12-5-4-11-26(28)32-30)25-18-22-9-6-10-23(19-25)34(22)24-16-20-7-2-3-8-21(15-20)17-24/h4-5,11-12,20-25H,2-3,6-10,13-19H2,1H3,(H,36,37)/b33-27+/t20?,21?,22-,23+,24?,25+. The van der Waals surface area contributed by atoms with Crippen LogP contribution in [0.4, 0.5) is 0 Å². The van der Waals surface area contributed by atoms with Crippen molar-refractivity contribution < 1.29 is 14.7 Å². The number of hydrogen-bond donors (Lipinski definition) is 1. The third-order valence-electron chi connectivity index (χ3n) is 9.99. The number of para-hydroxylation sites is 2. The second-order valence-corrected chi connectivity index (χ2v) is 12.4. The van der Waals surface area contributed by atoms with Crippen molar-refractivity contribution in [2.75, 3.05) is 7.11 Å².